The van der Waals surface area contributed by atoms with Gasteiger partial charge >= 0.3 is 12.0 Å². The Balaban J connectivity index is 1.62. The van der Waals surface area contributed by atoms with Gasteiger partial charge in [-0.25, -0.2) is 9.59 Å². The second-order valence-corrected chi connectivity index (χ2v) is 8.23. The van der Waals surface area contributed by atoms with Crippen molar-refractivity contribution >= 4 is 23.4 Å². The van der Waals surface area contributed by atoms with E-state index in [-0.39, 0.29) is 12.1 Å². The Morgan fingerprint density at radius 1 is 1.00 bits per heavy atom. The highest BCUT2D eigenvalue weighted by molar-refractivity contribution is 5.97. The van der Waals surface area contributed by atoms with Gasteiger partial charge in [0.15, 0.2) is 0 Å². The molecule has 0 bridgehead atoms. The van der Waals surface area contributed by atoms with Crippen molar-refractivity contribution in [3.8, 4) is 0 Å². The Kier molecular flexibility index (Phi) is 6.42. The average Bonchev–Trinajstić information content (AvgIpc) is 3.33. The van der Waals surface area contributed by atoms with Crippen LogP contribution in [0.1, 0.15) is 34.8 Å². The first-order valence-electron chi connectivity index (χ1n) is 10.9. The Hall–Kier alpha value is -3.06. The molecule has 0 aliphatic carbocycles. The minimum Gasteiger partial charge on any atom is -0.465 e. The second kappa shape index (κ2) is 9.39. The van der Waals surface area contributed by atoms with E-state index in [1.54, 1.807) is 12.1 Å². The number of nitrogens with zero attached hydrogens (tertiary/aromatic N) is 3. The molecule has 0 radical (unpaired) electrons. The van der Waals surface area contributed by atoms with Crippen molar-refractivity contribution in [3.63, 3.8) is 0 Å². The van der Waals surface area contributed by atoms with Gasteiger partial charge in [-0.15, -0.1) is 0 Å². The van der Waals surface area contributed by atoms with Crippen LogP contribution in [0.25, 0.3) is 0 Å². The first-order valence-corrected chi connectivity index (χ1v) is 10.9. The van der Waals surface area contributed by atoms with Crippen LogP contribution in [0.15, 0.2) is 48.5 Å². The number of anilines is 2. The summed E-state index contributed by atoms with van der Waals surface area (Å²) in [5.41, 5.74) is 3.15. The van der Waals surface area contributed by atoms with Crippen LogP contribution in [0.5, 0.6) is 0 Å². The molecule has 7 heteroatoms. The van der Waals surface area contributed by atoms with Gasteiger partial charge in [-0.05, 0) is 43.7 Å². The molecular weight excluding hydrogens is 392 g/mol. The molecule has 0 saturated carbocycles. The van der Waals surface area contributed by atoms with Gasteiger partial charge in [0, 0.05) is 32.7 Å². The summed E-state index contributed by atoms with van der Waals surface area (Å²) < 4.78 is 4.88. The van der Waals surface area contributed by atoms with Crippen LogP contribution in [0.4, 0.5) is 16.2 Å². The molecule has 2 aliphatic heterocycles. The van der Waals surface area contributed by atoms with Gasteiger partial charge < -0.3 is 24.8 Å². The zero-order chi connectivity index (χ0) is 21.8. The normalized spacial score (nSPS) is 19.4. The number of carbonyl (C=O) groups is 2. The highest BCUT2D eigenvalue weighted by Crippen LogP contribution is 2.32. The number of carbonyl (C=O) groups excluding carboxylic acids is 2. The second-order valence-electron chi connectivity index (χ2n) is 8.23. The number of rotatable bonds is 4. The third-order valence-corrected chi connectivity index (χ3v) is 6.13. The van der Waals surface area contributed by atoms with E-state index < -0.39 is 5.97 Å². The number of hydrogen-bond acceptors (Lipinski definition) is 5. The summed E-state index contributed by atoms with van der Waals surface area (Å²) in [7, 11) is 3.44. The van der Waals surface area contributed by atoms with Crippen molar-refractivity contribution in [2.45, 2.75) is 18.9 Å². The molecule has 2 heterocycles. The molecule has 7 nitrogen and oxygen atoms in total. The topological polar surface area (TPSA) is 65.1 Å². The van der Waals surface area contributed by atoms with Crippen LogP contribution in [-0.2, 0) is 4.74 Å². The number of methoxy groups -OCH3 is 1. The van der Waals surface area contributed by atoms with E-state index in [9.17, 15) is 9.59 Å². The maximum absolute atomic E-state index is 13.4. The number of benzene rings is 2. The van der Waals surface area contributed by atoms with Crippen LogP contribution >= 0.6 is 0 Å². The van der Waals surface area contributed by atoms with Gasteiger partial charge in [-0.1, -0.05) is 30.3 Å². The molecule has 164 valence electrons. The molecule has 2 fully saturated rings. The predicted octanol–water partition coefficient (Wildman–Crippen LogP) is 3.59. The van der Waals surface area contributed by atoms with Crippen molar-refractivity contribution in [1.82, 2.24) is 9.80 Å². The molecule has 2 amide bonds. The summed E-state index contributed by atoms with van der Waals surface area (Å²) in [5.74, 6) is -0.412. The van der Waals surface area contributed by atoms with Crippen molar-refractivity contribution < 1.29 is 14.3 Å². The zero-order valence-electron chi connectivity index (χ0n) is 18.2. The molecule has 0 unspecified atom stereocenters. The van der Waals surface area contributed by atoms with Gasteiger partial charge in [-0.3, -0.25) is 0 Å². The monoisotopic (exact) mass is 422 g/mol. The number of likely N-dealkylation sites (N-methyl/N-ethyl adjacent to an activating group) is 1. The maximum atomic E-state index is 13.4. The minimum absolute atomic E-state index is 0.0287. The fourth-order valence-corrected chi connectivity index (χ4v) is 4.42. The molecule has 1 atom stereocenters. The Labute approximate surface area is 183 Å². The van der Waals surface area contributed by atoms with Gasteiger partial charge in [0.2, 0.25) is 0 Å². The molecule has 2 aromatic rings. The highest BCUT2D eigenvalue weighted by Gasteiger charge is 2.31. The molecule has 1 N–H and O–H groups in total. The largest absolute Gasteiger partial charge is 0.465 e. The van der Waals surface area contributed by atoms with Gasteiger partial charge in [0.05, 0.1) is 30.1 Å². The van der Waals surface area contributed by atoms with Crippen molar-refractivity contribution in [3.05, 3.63) is 59.7 Å². The molecular formula is C24H30N4O3. The summed E-state index contributed by atoms with van der Waals surface area (Å²) in [6.45, 7) is 4.12. The van der Waals surface area contributed by atoms with Crippen molar-refractivity contribution in [2.24, 2.45) is 0 Å². The average molecular weight is 423 g/mol. The first-order chi connectivity index (χ1) is 15.1. The molecule has 31 heavy (non-hydrogen) atoms. The standard InChI is InChI=1S/C24H30N4O3/c1-26-14-15-28(22(17-26)18-8-4-3-5-9-18)24(30)25-20-16-19(23(29)31-2)10-11-21(20)27-12-6-7-13-27/h3-5,8-11,16,22H,6-7,12-15,17H2,1-2H3,(H,25,30)/t22-/m0/s1. The van der Waals surface area contributed by atoms with Gasteiger partial charge in [-0.2, -0.15) is 0 Å². The SMILES string of the molecule is COC(=O)c1ccc(N2CCCC2)c(NC(=O)N2CCN(C)C[C@H]2c2ccccc2)c1. The Morgan fingerprint density at radius 2 is 1.74 bits per heavy atom. The third kappa shape index (κ3) is 4.66. The summed E-state index contributed by atoms with van der Waals surface area (Å²) in [4.78, 5) is 31.9. The van der Waals surface area contributed by atoms with Crippen LogP contribution < -0.4 is 10.2 Å². The zero-order valence-corrected chi connectivity index (χ0v) is 18.2. The third-order valence-electron chi connectivity index (χ3n) is 6.13. The maximum Gasteiger partial charge on any atom is 0.337 e. The molecule has 2 aromatic carbocycles. The summed E-state index contributed by atoms with van der Waals surface area (Å²) in [6.07, 6.45) is 2.25. The lowest BCUT2D eigenvalue weighted by atomic mass is 10.0. The van der Waals surface area contributed by atoms with Crippen molar-refractivity contribution in [2.75, 3.05) is 57.1 Å². The minimum atomic E-state index is -0.412. The van der Waals surface area contributed by atoms with E-state index in [2.05, 4.69) is 34.3 Å². The quantitative estimate of drug-likeness (QED) is 0.763. The lowest BCUT2D eigenvalue weighted by molar-refractivity contribution is 0.0600. The number of amides is 2. The van der Waals surface area contributed by atoms with E-state index in [0.717, 1.165) is 50.3 Å². The van der Waals surface area contributed by atoms with E-state index in [0.29, 0.717) is 17.8 Å². The summed E-state index contributed by atoms with van der Waals surface area (Å²) in [6, 6.07) is 15.4. The van der Waals surface area contributed by atoms with Crippen LogP contribution in [0.3, 0.4) is 0 Å². The number of ether oxygens (including phenoxy) is 1. The molecule has 4 rings (SSSR count). The van der Waals surface area contributed by atoms with E-state index >= 15 is 0 Å². The summed E-state index contributed by atoms with van der Waals surface area (Å²) in [5, 5.41) is 3.11. The number of urea groups is 1. The molecule has 0 aromatic heterocycles. The van der Waals surface area contributed by atoms with Gasteiger partial charge in [0.25, 0.3) is 0 Å². The van der Waals surface area contributed by atoms with Gasteiger partial charge in [0.1, 0.15) is 0 Å². The van der Waals surface area contributed by atoms with Crippen LogP contribution in [-0.4, -0.2) is 68.7 Å². The smallest absolute Gasteiger partial charge is 0.337 e. The van der Waals surface area contributed by atoms with Crippen LogP contribution in [0, 0.1) is 0 Å². The Bertz CT molecular complexity index is 928. The molecule has 2 aliphatic rings. The van der Waals surface area contributed by atoms with E-state index in [4.69, 9.17) is 4.74 Å². The van der Waals surface area contributed by atoms with Crippen molar-refractivity contribution in [1.29, 1.82) is 0 Å². The highest BCUT2D eigenvalue weighted by atomic mass is 16.5. The lowest BCUT2D eigenvalue weighted by Crippen LogP contribution is -2.50. The first kappa shape index (κ1) is 21.2. The number of hydrogen-bond donors (Lipinski definition) is 1. The number of esters is 1. The lowest BCUT2D eigenvalue weighted by Gasteiger charge is -2.40. The predicted molar refractivity (Wildman–Crippen MR) is 122 cm³/mol. The fourth-order valence-electron chi connectivity index (χ4n) is 4.42. The Morgan fingerprint density at radius 3 is 2.45 bits per heavy atom. The molecule has 0 spiro atoms. The van der Waals surface area contributed by atoms with E-state index in [1.165, 1.54) is 7.11 Å². The number of nitrogens with one attached hydrogen (secondary N) is 1. The van der Waals surface area contributed by atoms with E-state index in [1.807, 2.05) is 29.2 Å². The number of piperazine rings is 1. The van der Waals surface area contributed by atoms with Crippen LogP contribution in [0.2, 0.25) is 0 Å². The summed E-state index contributed by atoms with van der Waals surface area (Å²) >= 11 is 0. The molecule has 2 saturated heterocycles. The fraction of sp³-hybridized carbons (Fsp3) is 0.417.